The molecular formula is C48H44N4. The van der Waals surface area contributed by atoms with E-state index >= 15 is 0 Å². The highest BCUT2D eigenvalue weighted by molar-refractivity contribution is 5.96. The van der Waals surface area contributed by atoms with Gasteiger partial charge in [0.1, 0.15) is 6.07 Å². The van der Waals surface area contributed by atoms with Crippen LogP contribution < -0.4 is 0 Å². The van der Waals surface area contributed by atoms with Crippen LogP contribution >= 0.6 is 0 Å². The van der Waals surface area contributed by atoms with Crippen LogP contribution in [0.2, 0.25) is 0 Å². The summed E-state index contributed by atoms with van der Waals surface area (Å²) >= 11 is 0. The minimum Gasteiger partial charge on any atom is -0.312 e. The number of hydrogen-bond acceptors (Lipinski definition) is 2. The molecule has 0 saturated heterocycles. The molecule has 52 heavy (non-hydrogen) atoms. The number of aromatic nitrogens is 2. The number of benzene rings is 3. The summed E-state index contributed by atoms with van der Waals surface area (Å²) in [5.74, 6) is 1.28. The van der Waals surface area contributed by atoms with E-state index in [1.807, 2.05) is 24.3 Å². The Morgan fingerprint density at radius 3 is 2.38 bits per heavy atom. The van der Waals surface area contributed by atoms with Gasteiger partial charge in [0, 0.05) is 45.2 Å². The van der Waals surface area contributed by atoms with Crippen molar-refractivity contribution in [3.63, 3.8) is 0 Å². The van der Waals surface area contributed by atoms with E-state index in [1.165, 1.54) is 39.3 Å². The van der Waals surface area contributed by atoms with Crippen molar-refractivity contribution in [1.82, 2.24) is 9.13 Å². The smallest absolute Gasteiger partial charge is 0.101 e. The molecule has 3 aliphatic carbocycles. The minimum absolute atomic E-state index is 0.192. The lowest BCUT2D eigenvalue weighted by Crippen LogP contribution is -2.12. The fourth-order valence-electron chi connectivity index (χ4n) is 8.91. The summed E-state index contributed by atoms with van der Waals surface area (Å²) in [6.07, 6.45) is 23.4. The number of fused-ring (bicyclic) bond motifs is 4. The van der Waals surface area contributed by atoms with Crippen LogP contribution in [0.1, 0.15) is 108 Å². The molecule has 3 aliphatic rings. The summed E-state index contributed by atoms with van der Waals surface area (Å²) in [5, 5.41) is 21.7. The van der Waals surface area contributed by atoms with Crippen molar-refractivity contribution < 1.29 is 0 Å². The third-order valence-corrected chi connectivity index (χ3v) is 11.4. The Hall–Kier alpha value is -5.84. The molecule has 4 unspecified atom stereocenters. The van der Waals surface area contributed by atoms with Gasteiger partial charge in [0.25, 0.3) is 0 Å². The van der Waals surface area contributed by atoms with Crippen molar-refractivity contribution in [3.8, 4) is 23.5 Å². The highest BCUT2D eigenvalue weighted by Gasteiger charge is 2.28. The maximum Gasteiger partial charge on any atom is 0.101 e. The van der Waals surface area contributed by atoms with Gasteiger partial charge in [0.05, 0.1) is 28.4 Å². The first kappa shape index (κ1) is 33.3. The summed E-state index contributed by atoms with van der Waals surface area (Å²) < 4.78 is 4.70. The molecule has 0 spiro atoms. The second-order valence-electron chi connectivity index (χ2n) is 14.8. The first-order chi connectivity index (χ1) is 25.3. The van der Waals surface area contributed by atoms with E-state index < -0.39 is 0 Å². The normalized spacial score (nSPS) is 20.5. The molecule has 3 aromatic carbocycles. The SMILES string of the molecule is CC/C=C\c1c(C)c2c(n1-c1cccc(C#N)c1C1=CC(C)C(c3ccc(-n4c5c(c6cccc(C#N)c64)C=CC(C)C5)cc3)C=C1)C=CCC2C. The van der Waals surface area contributed by atoms with Gasteiger partial charge in [-0.05, 0) is 109 Å². The van der Waals surface area contributed by atoms with Gasteiger partial charge in [-0.2, -0.15) is 10.5 Å². The van der Waals surface area contributed by atoms with Crippen molar-refractivity contribution in [2.45, 2.75) is 65.7 Å². The van der Waals surface area contributed by atoms with E-state index in [4.69, 9.17) is 0 Å². The number of rotatable bonds is 6. The third kappa shape index (κ3) is 5.34. The topological polar surface area (TPSA) is 57.4 Å². The van der Waals surface area contributed by atoms with Crippen LogP contribution in [-0.4, -0.2) is 9.13 Å². The lowest BCUT2D eigenvalue weighted by atomic mass is 9.80. The Bertz CT molecular complexity index is 2470. The van der Waals surface area contributed by atoms with Gasteiger partial charge in [0.15, 0.2) is 0 Å². The molecule has 4 atom stereocenters. The zero-order valence-electron chi connectivity index (χ0n) is 30.7. The Balaban J connectivity index is 1.18. The Morgan fingerprint density at radius 1 is 0.865 bits per heavy atom. The summed E-state index contributed by atoms with van der Waals surface area (Å²) in [6, 6.07) is 26.1. The molecule has 2 heterocycles. The number of nitriles is 2. The lowest BCUT2D eigenvalue weighted by Gasteiger charge is -2.26. The van der Waals surface area contributed by atoms with E-state index in [0.29, 0.717) is 23.0 Å². The molecule has 2 aromatic heterocycles. The summed E-state index contributed by atoms with van der Waals surface area (Å²) in [6.45, 7) is 11.3. The van der Waals surface area contributed by atoms with E-state index in [9.17, 15) is 10.5 Å². The summed E-state index contributed by atoms with van der Waals surface area (Å²) in [4.78, 5) is 0. The predicted octanol–water partition coefficient (Wildman–Crippen LogP) is 12.0. The molecule has 5 aromatic rings. The summed E-state index contributed by atoms with van der Waals surface area (Å²) in [5.41, 5.74) is 15.4. The fourth-order valence-corrected chi connectivity index (χ4v) is 8.91. The van der Waals surface area contributed by atoms with E-state index in [2.05, 4.69) is 147 Å². The van der Waals surface area contributed by atoms with E-state index in [-0.39, 0.29) is 11.8 Å². The second-order valence-corrected chi connectivity index (χ2v) is 14.8. The number of allylic oxidation sites excluding steroid dienone is 7. The van der Waals surface area contributed by atoms with E-state index in [0.717, 1.165) is 52.7 Å². The standard InChI is InChI=1S/C48H44N4/c1-6-7-15-42-33(5)46-31(3)11-8-16-43(46)52(42)44-17-10-12-36(28-49)47(44)35-21-25-39(32(4)27-35)34-19-22-38(23-20-34)51-45-26-30(2)18-24-40(45)41-14-9-13-37(29-50)48(41)51/h7-10,12-25,27,30-32,39H,6,11,26H2,1-5H3/b15-7-. The molecular weight excluding hydrogens is 633 g/mol. The lowest BCUT2D eigenvalue weighted by molar-refractivity contribution is 0.637. The molecule has 0 amide bonds. The molecule has 0 N–H and O–H groups in total. The highest BCUT2D eigenvalue weighted by atomic mass is 15.0. The molecule has 0 aliphatic heterocycles. The van der Waals surface area contributed by atoms with E-state index in [1.54, 1.807) is 0 Å². The first-order valence-electron chi connectivity index (χ1n) is 18.7. The van der Waals surface area contributed by atoms with Crippen molar-refractivity contribution in [2.75, 3.05) is 0 Å². The third-order valence-electron chi connectivity index (χ3n) is 11.4. The minimum atomic E-state index is 0.192. The molecule has 0 radical (unpaired) electrons. The van der Waals surface area contributed by atoms with Crippen molar-refractivity contribution in [1.29, 1.82) is 10.5 Å². The number of hydrogen-bond donors (Lipinski definition) is 0. The zero-order chi connectivity index (χ0) is 36.1. The maximum absolute atomic E-state index is 10.4. The molecule has 4 heteroatoms. The maximum atomic E-state index is 10.4. The Morgan fingerprint density at radius 2 is 1.63 bits per heavy atom. The zero-order valence-corrected chi connectivity index (χ0v) is 30.7. The van der Waals surface area contributed by atoms with Crippen LogP contribution in [0.3, 0.4) is 0 Å². The van der Waals surface area contributed by atoms with Gasteiger partial charge >= 0.3 is 0 Å². The highest BCUT2D eigenvalue weighted by Crippen LogP contribution is 2.43. The average Bonchev–Trinajstić information content (AvgIpc) is 3.64. The van der Waals surface area contributed by atoms with Gasteiger partial charge in [-0.15, -0.1) is 0 Å². The van der Waals surface area contributed by atoms with Crippen LogP contribution in [0, 0.1) is 41.4 Å². The first-order valence-corrected chi connectivity index (χ1v) is 18.7. The molecule has 4 nitrogen and oxygen atoms in total. The van der Waals surface area contributed by atoms with Crippen LogP contribution in [0.5, 0.6) is 0 Å². The van der Waals surface area contributed by atoms with Crippen molar-refractivity contribution in [3.05, 3.63) is 153 Å². The van der Waals surface area contributed by atoms with Gasteiger partial charge < -0.3 is 9.13 Å². The van der Waals surface area contributed by atoms with Crippen LogP contribution in [0.25, 0.3) is 46.1 Å². The average molecular weight is 677 g/mol. The van der Waals surface area contributed by atoms with Crippen molar-refractivity contribution >= 4 is 34.7 Å². The molecule has 256 valence electrons. The van der Waals surface area contributed by atoms with Crippen LogP contribution in [0.4, 0.5) is 0 Å². The molecule has 0 fully saturated rings. The summed E-state index contributed by atoms with van der Waals surface area (Å²) in [7, 11) is 0. The van der Waals surface area contributed by atoms with Crippen LogP contribution in [-0.2, 0) is 6.42 Å². The Kier molecular flexibility index (Phi) is 8.57. The number of nitrogens with zero attached hydrogens (tertiary/aromatic N) is 4. The van der Waals surface area contributed by atoms with Gasteiger partial charge in [-0.25, -0.2) is 0 Å². The van der Waals surface area contributed by atoms with Gasteiger partial charge in [-0.1, -0.05) is 101 Å². The molecule has 0 bridgehead atoms. The van der Waals surface area contributed by atoms with Crippen molar-refractivity contribution in [2.24, 2.45) is 11.8 Å². The quantitative estimate of drug-likeness (QED) is 0.180. The largest absolute Gasteiger partial charge is 0.312 e. The second kappa shape index (κ2) is 13.4. The Labute approximate surface area is 307 Å². The van der Waals surface area contributed by atoms with Gasteiger partial charge in [-0.3, -0.25) is 0 Å². The monoisotopic (exact) mass is 676 g/mol. The van der Waals surface area contributed by atoms with Crippen LogP contribution in [0.15, 0.2) is 97.1 Å². The fraction of sp³-hybridized carbons (Fsp3) is 0.250. The van der Waals surface area contributed by atoms with Gasteiger partial charge in [0.2, 0.25) is 0 Å². The number of para-hydroxylation sites is 1. The molecule has 0 saturated carbocycles. The molecule has 8 rings (SSSR count). The predicted molar refractivity (Wildman–Crippen MR) is 216 cm³/mol.